The van der Waals surface area contributed by atoms with Crippen molar-refractivity contribution < 1.29 is 13.2 Å². The Balaban J connectivity index is 1.59. The maximum Gasteiger partial charge on any atom is 0.451 e. The highest BCUT2D eigenvalue weighted by Gasteiger charge is 2.40. The second kappa shape index (κ2) is 8.37. The zero-order chi connectivity index (χ0) is 22.3. The summed E-state index contributed by atoms with van der Waals surface area (Å²) in [6, 6.07) is 5.70. The Labute approximate surface area is 180 Å². The van der Waals surface area contributed by atoms with Crippen molar-refractivity contribution >= 4 is 0 Å². The van der Waals surface area contributed by atoms with Gasteiger partial charge in [0.2, 0.25) is 5.82 Å². The van der Waals surface area contributed by atoms with Gasteiger partial charge in [0.1, 0.15) is 0 Å². The first kappa shape index (κ1) is 22.0. The Morgan fingerprint density at radius 2 is 2.00 bits per heavy atom. The molecular weight excluding hydrogens is 405 g/mol. The summed E-state index contributed by atoms with van der Waals surface area (Å²) in [7, 11) is 0. The van der Waals surface area contributed by atoms with E-state index in [4.69, 9.17) is 0 Å². The van der Waals surface area contributed by atoms with Gasteiger partial charge in [-0.15, -0.1) is 0 Å². The third-order valence-corrected chi connectivity index (χ3v) is 6.64. The van der Waals surface area contributed by atoms with Gasteiger partial charge in [0.15, 0.2) is 0 Å². The highest BCUT2D eigenvalue weighted by molar-refractivity contribution is 5.21. The van der Waals surface area contributed by atoms with Crippen LogP contribution >= 0.6 is 0 Å². The van der Waals surface area contributed by atoms with Crippen LogP contribution in [0.3, 0.4) is 0 Å². The van der Waals surface area contributed by atoms with Crippen molar-refractivity contribution in [3.8, 4) is 0 Å². The molecule has 0 unspecified atom stereocenters. The van der Waals surface area contributed by atoms with Crippen molar-refractivity contribution in [1.82, 2.24) is 19.4 Å². The summed E-state index contributed by atoms with van der Waals surface area (Å²) in [5, 5.41) is 0. The molecule has 0 N–H and O–H groups in total. The Hall–Kier alpha value is -2.22. The van der Waals surface area contributed by atoms with Crippen LogP contribution in [0.5, 0.6) is 0 Å². The van der Waals surface area contributed by atoms with E-state index in [2.05, 4.69) is 34.8 Å². The largest absolute Gasteiger partial charge is 0.451 e. The number of fused-ring (bicyclic) bond motifs is 4. The van der Waals surface area contributed by atoms with E-state index in [1.54, 1.807) is 13.0 Å². The summed E-state index contributed by atoms with van der Waals surface area (Å²) >= 11 is 0. The molecule has 3 atom stereocenters. The number of pyridine rings is 1. The summed E-state index contributed by atoms with van der Waals surface area (Å²) in [6.07, 6.45) is -0.165. The summed E-state index contributed by atoms with van der Waals surface area (Å²) in [5.74, 6) is 0.0675. The average molecular weight is 435 g/mol. The van der Waals surface area contributed by atoms with Gasteiger partial charge in [-0.05, 0) is 44.1 Å². The number of likely N-dealkylation sites (tertiary alicyclic amines) is 1. The van der Waals surface area contributed by atoms with Crippen LogP contribution in [0, 0.1) is 18.8 Å². The van der Waals surface area contributed by atoms with Gasteiger partial charge in [-0.1, -0.05) is 19.9 Å². The van der Waals surface area contributed by atoms with Crippen LogP contribution in [0.2, 0.25) is 0 Å². The standard InChI is InChI=1S/C23H29F3N4O/c1-14(2)7-8-20-17-9-16(19-5-4-6-21(31)30(19)20)11-29(12-17)13-18-10-27-22(23(24,25)26)28-15(18)3/h4-6,10,14,16-17,20H,7-9,11-13H2,1-3H3/t16-,17+,20+/m1/s1. The Morgan fingerprint density at radius 1 is 1.23 bits per heavy atom. The smallest absolute Gasteiger partial charge is 0.309 e. The van der Waals surface area contributed by atoms with E-state index in [1.807, 2.05) is 10.6 Å². The SMILES string of the molecule is Cc1nc(C(F)(F)F)ncc1CN1C[C@H]2C[C@@H](C1)[C@H](CCC(C)C)n1c2cccc1=O. The van der Waals surface area contributed by atoms with E-state index in [9.17, 15) is 18.0 Å². The second-order valence-electron chi connectivity index (χ2n) is 9.39. The molecule has 1 fully saturated rings. The summed E-state index contributed by atoms with van der Waals surface area (Å²) in [4.78, 5) is 22.3. The lowest BCUT2D eigenvalue weighted by Gasteiger charge is -2.47. The molecule has 0 amide bonds. The summed E-state index contributed by atoms with van der Waals surface area (Å²) in [5.41, 5.74) is 2.24. The zero-order valence-electron chi connectivity index (χ0n) is 18.2. The fourth-order valence-electron chi connectivity index (χ4n) is 5.16. The van der Waals surface area contributed by atoms with Crippen molar-refractivity contribution in [2.45, 2.75) is 64.7 Å². The van der Waals surface area contributed by atoms with Crippen molar-refractivity contribution in [2.75, 3.05) is 13.1 Å². The van der Waals surface area contributed by atoms with E-state index in [0.29, 0.717) is 24.1 Å². The predicted octanol–water partition coefficient (Wildman–Crippen LogP) is 4.56. The average Bonchev–Trinajstić information content (AvgIpc) is 2.69. The lowest BCUT2D eigenvalue weighted by Crippen LogP contribution is -2.49. The topological polar surface area (TPSA) is 51.0 Å². The Kier molecular flexibility index (Phi) is 5.94. The first-order chi connectivity index (χ1) is 14.6. The van der Waals surface area contributed by atoms with E-state index in [-0.39, 0.29) is 17.5 Å². The minimum atomic E-state index is -4.54. The third kappa shape index (κ3) is 4.54. The molecule has 0 radical (unpaired) electrons. The molecule has 0 saturated carbocycles. The van der Waals surface area contributed by atoms with Gasteiger partial charge in [0, 0.05) is 60.8 Å². The molecule has 5 nitrogen and oxygen atoms in total. The first-order valence-corrected chi connectivity index (χ1v) is 11.0. The lowest BCUT2D eigenvalue weighted by molar-refractivity contribution is -0.145. The molecule has 2 bridgehead atoms. The van der Waals surface area contributed by atoms with Crippen LogP contribution in [0.1, 0.15) is 67.8 Å². The fourth-order valence-corrected chi connectivity index (χ4v) is 5.16. The molecule has 2 aromatic rings. The number of rotatable bonds is 5. The van der Waals surface area contributed by atoms with Crippen LogP contribution in [-0.4, -0.2) is 32.5 Å². The van der Waals surface area contributed by atoms with E-state index < -0.39 is 12.0 Å². The number of halogens is 3. The maximum atomic E-state index is 12.9. The monoisotopic (exact) mass is 434 g/mol. The van der Waals surface area contributed by atoms with Gasteiger partial charge in [-0.25, -0.2) is 9.97 Å². The molecule has 2 aromatic heterocycles. The minimum absolute atomic E-state index is 0.0707. The van der Waals surface area contributed by atoms with Gasteiger partial charge in [-0.2, -0.15) is 13.2 Å². The molecule has 31 heavy (non-hydrogen) atoms. The highest BCUT2D eigenvalue weighted by atomic mass is 19.4. The molecule has 8 heteroatoms. The van der Waals surface area contributed by atoms with Gasteiger partial charge in [-0.3, -0.25) is 9.69 Å². The van der Waals surface area contributed by atoms with E-state index in [0.717, 1.165) is 43.6 Å². The highest BCUT2D eigenvalue weighted by Crippen LogP contribution is 2.43. The molecule has 4 rings (SSSR count). The number of aromatic nitrogens is 3. The molecular formula is C23H29F3N4O. The quantitative estimate of drug-likeness (QED) is 0.692. The molecule has 0 spiro atoms. The van der Waals surface area contributed by atoms with Gasteiger partial charge in [0.05, 0.1) is 0 Å². The van der Waals surface area contributed by atoms with Gasteiger partial charge < -0.3 is 4.57 Å². The summed E-state index contributed by atoms with van der Waals surface area (Å²) < 4.78 is 40.7. The van der Waals surface area contributed by atoms with Gasteiger partial charge >= 0.3 is 6.18 Å². The first-order valence-electron chi connectivity index (χ1n) is 11.0. The number of piperidine rings is 1. The fraction of sp³-hybridized carbons (Fsp3) is 0.609. The lowest BCUT2D eigenvalue weighted by atomic mass is 9.76. The number of hydrogen-bond acceptors (Lipinski definition) is 4. The molecule has 168 valence electrons. The third-order valence-electron chi connectivity index (χ3n) is 6.64. The van der Waals surface area contributed by atoms with Crippen LogP contribution in [0.25, 0.3) is 0 Å². The second-order valence-corrected chi connectivity index (χ2v) is 9.39. The predicted molar refractivity (Wildman–Crippen MR) is 112 cm³/mol. The van der Waals surface area contributed by atoms with Crippen LogP contribution < -0.4 is 5.56 Å². The van der Waals surface area contributed by atoms with Crippen molar-refractivity contribution in [3.63, 3.8) is 0 Å². The van der Waals surface area contributed by atoms with Crippen LogP contribution in [-0.2, 0) is 12.7 Å². The maximum absolute atomic E-state index is 12.9. The molecule has 2 aliphatic rings. The number of nitrogens with zero attached hydrogens (tertiary/aromatic N) is 4. The molecule has 1 saturated heterocycles. The number of alkyl halides is 3. The van der Waals surface area contributed by atoms with Crippen molar-refractivity contribution in [2.24, 2.45) is 11.8 Å². The Bertz CT molecular complexity index is 1000. The molecule has 2 aliphatic heterocycles. The Morgan fingerprint density at radius 3 is 2.68 bits per heavy atom. The van der Waals surface area contributed by atoms with Crippen molar-refractivity contribution in [3.05, 3.63) is 57.5 Å². The van der Waals surface area contributed by atoms with E-state index >= 15 is 0 Å². The number of aryl methyl sites for hydroxylation is 1. The number of hydrogen-bond donors (Lipinski definition) is 0. The summed E-state index contributed by atoms with van der Waals surface area (Å²) in [6.45, 7) is 8.11. The zero-order valence-corrected chi connectivity index (χ0v) is 18.2. The molecule has 0 aliphatic carbocycles. The van der Waals surface area contributed by atoms with E-state index in [1.165, 1.54) is 6.20 Å². The molecule has 0 aromatic carbocycles. The van der Waals surface area contributed by atoms with Gasteiger partial charge in [0.25, 0.3) is 5.56 Å². The molecule has 4 heterocycles. The van der Waals surface area contributed by atoms with Crippen LogP contribution in [0.15, 0.2) is 29.2 Å². The minimum Gasteiger partial charge on any atom is -0.309 e. The van der Waals surface area contributed by atoms with Crippen molar-refractivity contribution in [1.29, 1.82) is 0 Å². The normalized spacial score (nSPS) is 23.8. The van der Waals surface area contributed by atoms with Crippen LogP contribution in [0.4, 0.5) is 13.2 Å².